The van der Waals surface area contributed by atoms with Gasteiger partial charge in [-0.25, -0.2) is 13.2 Å². The summed E-state index contributed by atoms with van der Waals surface area (Å²) in [5.41, 5.74) is 0.396. The molecule has 2 N–H and O–H groups in total. The van der Waals surface area contributed by atoms with E-state index in [1.54, 1.807) is 31.2 Å². The smallest absolute Gasteiger partial charge is 0.344 e. The highest BCUT2D eigenvalue weighted by Crippen LogP contribution is 2.19. The monoisotopic (exact) mass is 540 g/mol. The van der Waals surface area contributed by atoms with Crippen LogP contribution in [0.15, 0.2) is 53.4 Å². The predicted molar refractivity (Wildman–Crippen MR) is 132 cm³/mol. The Bertz CT molecular complexity index is 1100. The van der Waals surface area contributed by atoms with E-state index >= 15 is 0 Å². The molecule has 1 aliphatic heterocycles. The molecular formula is C24H29ClN2O8S. The first-order valence-corrected chi connectivity index (χ1v) is 13.3. The van der Waals surface area contributed by atoms with Gasteiger partial charge in [0.05, 0.1) is 18.1 Å². The summed E-state index contributed by atoms with van der Waals surface area (Å²) in [5, 5.41) is 3.06. The van der Waals surface area contributed by atoms with Crippen LogP contribution >= 0.6 is 11.6 Å². The first kappa shape index (κ1) is 27.9. The van der Waals surface area contributed by atoms with Gasteiger partial charge < -0.3 is 24.3 Å². The van der Waals surface area contributed by atoms with E-state index in [0.717, 1.165) is 12.8 Å². The molecule has 0 bridgehead atoms. The van der Waals surface area contributed by atoms with Crippen molar-refractivity contribution >= 4 is 39.2 Å². The number of halogens is 1. The number of hydrogen-bond acceptors (Lipinski definition) is 8. The highest BCUT2D eigenvalue weighted by molar-refractivity contribution is 7.89. The maximum absolute atomic E-state index is 13.0. The Kier molecular flexibility index (Phi) is 10.5. The standard InChI is InChI=1S/C24H29ClN2O8S/c1-2-32-22(28)16-34-19-10-8-18(9-11-19)26-24(29)21(15-35-23-5-3-4-14-33-23)27-36(30,31)20-12-6-17(25)7-13-20/h6-13,21,23,27H,2-5,14-16H2,1H3,(H,26,29)/t21-,23?/m0/s1. The van der Waals surface area contributed by atoms with Crippen LogP contribution in [0.25, 0.3) is 0 Å². The summed E-state index contributed by atoms with van der Waals surface area (Å²) in [4.78, 5) is 24.4. The molecule has 1 fully saturated rings. The Morgan fingerprint density at radius 1 is 1.11 bits per heavy atom. The quantitative estimate of drug-likeness (QED) is 0.393. The van der Waals surface area contributed by atoms with E-state index in [1.165, 1.54) is 24.3 Å². The Hall–Kier alpha value is -2.70. The van der Waals surface area contributed by atoms with E-state index in [0.29, 0.717) is 29.5 Å². The Morgan fingerprint density at radius 3 is 2.47 bits per heavy atom. The maximum Gasteiger partial charge on any atom is 0.344 e. The van der Waals surface area contributed by atoms with Crippen LogP contribution in [0.2, 0.25) is 5.02 Å². The van der Waals surface area contributed by atoms with Crippen molar-refractivity contribution in [2.24, 2.45) is 0 Å². The Labute approximate surface area is 215 Å². The minimum Gasteiger partial charge on any atom is -0.482 e. The number of benzene rings is 2. The number of amides is 1. The molecule has 12 heteroatoms. The van der Waals surface area contributed by atoms with Gasteiger partial charge in [-0.3, -0.25) is 4.79 Å². The third-order valence-electron chi connectivity index (χ3n) is 5.11. The zero-order valence-electron chi connectivity index (χ0n) is 19.8. The van der Waals surface area contributed by atoms with Crippen LogP contribution in [-0.2, 0) is 33.8 Å². The largest absolute Gasteiger partial charge is 0.482 e. The summed E-state index contributed by atoms with van der Waals surface area (Å²) in [6, 6.07) is 10.6. The molecule has 0 aliphatic carbocycles. The zero-order chi connectivity index (χ0) is 26.0. The van der Waals surface area contributed by atoms with Crippen LogP contribution in [0.3, 0.4) is 0 Å². The van der Waals surface area contributed by atoms with E-state index < -0.39 is 34.2 Å². The second-order valence-electron chi connectivity index (χ2n) is 7.86. The van der Waals surface area contributed by atoms with E-state index in [4.69, 9.17) is 30.5 Å². The van der Waals surface area contributed by atoms with Crippen LogP contribution < -0.4 is 14.8 Å². The van der Waals surface area contributed by atoms with Crippen molar-refractivity contribution < 1.29 is 37.0 Å². The molecule has 2 aromatic carbocycles. The van der Waals surface area contributed by atoms with Crippen LogP contribution in [-0.4, -0.2) is 59.1 Å². The fourth-order valence-electron chi connectivity index (χ4n) is 3.29. The van der Waals surface area contributed by atoms with Crippen molar-refractivity contribution in [1.29, 1.82) is 0 Å². The SMILES string of the molecule is CCOC(=O)COc1ccc(NC(=O)[C@H](COC2CCCCO2)NS(=O)(=O)c2ccc(Cl)cc2)cc1. The minimum absolute atomic E-state index is 0.0401. The molecule has 1 saturated heterocycles. The zero-order valence-corrected chi connectivity index (χ0v) is 21.3. The number of rotatable bonds is 12. The fourth-order valence-corrected chi connectivity index (χ4v) is 4.59. The number of anilines is 1. The van der Waals surface area contributed by atoms with Crippen molar-refractivity contribution in [3.63, 3.8) is 0 Å². The number of hydrogen-bond donors (Lipinski definition) is 2. The lowest BCUT2D eigenvalue weighted by molar-refractivity contribution is -0.166. The molecule has 1 heterocycles. The summed E-state index contributed by atoms with van der Waals surface area (Å²) in [5.74, 6) is -0.713. The second-order valence-corrected chi connectivity index (χ2v) is 10.0. The van der Waals surface area contributed by atoms with Gasteiger partial charge in [-0.1, -0.05) is 11.6 Å². The van der Waals surface area contributed by atoms with Gasteiger partial charge in [-0.15, -0.1) is 0 Å². The molecule has 0 aromatic heterocycles. The second kappa shape index (κ2) is 13.6. The number of esters is 1. The normalized spacial score (nSPS) is 16.7. The van der Waals surface area contributed by atoms with Gasteiger partial charge in [-0.05, 0) is 74.7 Å². The molecule has 2 atom stereocenters. The number of carbonyl (C=O) groups is 2. The third kappa shape index (κ3) is 8.75. The molecular weight excluding hydrogens is 512 g/mol. The van der Waals surface area contributed by atoms with Gasteiger partial charge in [0.15, 0.2) is 12.9 Å². The highest BCUT2D eigenvalue weighted by Gasteiger charge is 2.28. The number of nitrogens with one attached hydrogen (secondary N) is 2. The van der Waals surface area contributed by atoms with Crippen molar-refractivity contribution in [3.8, 4) is 5.75 Å². The van der Waals surface area contributed by atoms with Gasteiger partial charge in [-0.2, -0.15) is 4.72 Å². The van der Waals surface area contributed by atoms with Crippen LogP contribution in [0.5, 0.6) is 5.75 Å². The molecule has 0 saturated carbocycles. The van der Waals surface area contributed by atoms with Crippen molar-refractivity contribution in [2.75, 3.05) is 31.7 Å². The maximum atomic E-state index is 13.0. The van der Waals surface area contributed by atoms with Gasteiger partial charge in [0, 0.05) is 17.3 Å². The van der Waals surface area contributed by atoms with Gasteiger partial charge in [0.25, 0.3) is 0 Å². The van der Waals surface area contributed by atoms with E-state index in [1.807, 2.05) is 0 Å². The molecule has 10 nitrogen and oxygen atoms in total. The first-order chi connectivity index (χ1) is 17.3. The summed E-state index contributed by atoms with van der Waals surface area (Å²) < 4.78 is 49.6. The van der Waals surface area contributed by atoms with Crippen molar-refractivity contribution in [1.82, 2.24) is 4.72 Å². The van der Waals surface area contributed by atoms with Gasteiger partial charge >= 0.3 is 5.97 Å². The number of sulfonamides is 1. The lowest BCUT2D eigenvalue weighted by Crippen LogP contribution is -2.47. The number of carbonyl (C=O) groups excluding carboxylic acids is 2. The first-order valence-electron chi connectivity index (χ1n) is 11.5. The minimum atomic E-state index is -4.05. The molecule has 1 unspecified atom stereocenters. The molecule has 196 valence electrons. The third-order valence-corrected chi connectivity index (χ3v) is 6.85. The molecule has 0 spiro atoms. The molecule has 2 aromatic rings. The fraction of sp³-hybridized carbons (Fsp3) is 0.417. The molecule has 3 rings (SSSR count). The molecule has 1 amide bonds. The van der Waals surface area contributed by atoms with E-state index in [-0.39, 0.29) is 24.7 Å². The van der Waals surface area contributed by atoms with Crippen LogP contribution in [0.4, 0.5) is 5.69 Å². The van der Waals surface area contributed by atoms with Gasteiger partial charge in [0.2, 0.25) is 15.9 Å². The molecule has 36 heavy (non-hydrogen) atoms. The summed E-state index contributed by atoms with van der Waals surface area (Å²) in [6.07, 6.45) is 1.99. The van der Waals surface area contributed by atoms with E-state index in [2.05, 4.69) is 10.0 Å². The van der Waals surface area contributed by atoms with Crippen molar-refractivity contribution in [3.05, 3.63) is 53.6 Å². The van der Waals surface area contributed by atoms with Crippen molar-refractivity contribution in [2.45, 2.75) is 43.4 Å². The van der Waals surface area contributed by atoms with Gasteiger partial charge in [0.1, 0.15) is 11.8 Å². The van der Waals surface area contributed by atoms with E-state index in [9.17, 15) is 18.0 Å². The lowest BCUT2D eigenvalue weighted by Gasteiger charge is -2.25. The highest BCUT2D eigenvalue weighted by atomic mass is 35.5. The average molecular weight is 541 g/mol. The topological polar surface area (TPSA) is 129 Å². The average Bonchev–Trinajstić information content (AvgIpc) is 2.87. The number of ether oxygens (including phenoxy) is 4. The Balaban J connectivity index is 1.67. The summed E-state index contributed by atoms with van der Waals surface area (Å²) in [7, 11) is -4.05. The summed E-state index contributed by atoms with van der Waals surface area (Å²) in [6.45, 7) is 2.03. The molecule has 1 aliphatic rings. The molecule has 0 radical (unpaired) electrons. The lowest BCUT2D eigenvalue weighted by atomic mass is 10.2. The Morgan fingerprint density at radius 2 is 1.83 bits per heavy atom. The summed E-state index contributed by atoms with van der Waals surface area (Å²) >= 11 is 5.86. The van der Waals surface area contributed by atoms with Crippen LogP contribution in [0, 0.1) is 0 Å². The predicted octanol–water partition coefficient (Wildman–Crippen LogP) is 3.11. The van der Waals surface area contributed by atoms with Crippen LogP contribution in [0.1, 0.15) is 26.2 Å².